The number of carbonyl (C=O) groups excluding carboxylic acids is 1. The Morgan fingerprint density at radius 3 is 2.85 bits per heavy atom. The second-order valence-electron chi connectivity index (χ2n) is 3.34. The molecule has 0 radical (unpaired) electrons. The Morgan fingerprint density at radius 2 is 2.38 bits per heavy atom. The van der Waals surface area contributed by atoms with E-state index in [1.807, 2.05) is 0 Å². The first-order valence-electron chi connectivity index (χ1n) is 4.21. The molecule has 1 rings (SSSR count). The summed E-state index contributed by atoms with van der Waals surface area (Å²) in [6.45, 7) is 4.84. The summed E-state index contributed by atoms with van der Waals surface area (Å²) in [5.74, 6) is 0.446. The van der Waals surface area contributed by atoms with Crippen LogP contribution in [0.25, 0.3) is 0 Å². The van der Waals surface area contributed by atoms with Crippen molar-refractivity contribution in [2.24, 2.45) is 5.92 Å². The van der Waals surface area contributed by atoms with E-state index >= 15 is 0 Å². The molecule has 1 amide bonds. The van der Waals surface area contributed by atoms with Crippen molar-refractivity contribution in [3.8, 4) is 0 Å². The number of carbonyl (C=O) groups is 1. The number of aromatic amines is 1. The van der Waals surface area contributed by atoms with E-state index in [9.17, 15) is 4.79 Å². The molecule has 1 aromatic rings. The van der Waals surface area contributed by atoms with Crippen LogP contribution in [0.15, 0.2) is 16.9 Å². The van der Waals surface area contributed by atoms with Crippen LogP contribution in [0.2, 0.25) is 0 Å². The molecule has 0 saturated heterocycles. The third-order valence-corrected chi connectivity index (χ3v) is 2.04. The number of rotatable bonds is 3. The highest BCUT2D eigenvalue weighted by atomic mass is 79.9. The molecule has 0 aromatic carbocycles. The minimum atomic E-state index is -0.0318. The molecule has 13 heavy (non-hydrogen) atoms. The summed E-state index contributed by atoms with van der Waals surface area (Å²) in [4.78, 5) is 14.3. The zero-order valence-corrected chi connectivity index (χ0v) is 9.31. The Hall–Kier alpha value is -0.770. The molecular formula is C9H13BrN2O. The lowest BCUT2D eigenvalue weighted by molar-refractivity contribution is 0.0949. The van der Waals surface area contributed by atoms with Gasteiger partial charge in [-0.25, -0.2) is 0 Å². The van der Waals surface area contributed by atoms with E-state index in [1.54, 1.807) is 12.3 Å². The highest BCUT2D eigenvalue weighted by Crippen LogP contribution is 2.09. The first kappa shape index (κ1) is 10.3. The van der Waals surface area contributed by atoms with Crippen LogP contribution in [0.1, 0.15) is 24.2 Å². The lowest BCUT2D eigenvalue weighted by Gasteiger charge is -2.05. The monoisotopic (exact) mass is 244 g/mol. The Morgan fingerprint density at radius 1 is 1.69 bits per heavy atom. The lowest BCUT2D eigenvalue weighted by Crippen LogP contribution is -2.26. The van der Waals surface area contributed by atoms with Gasteiger partial charge >= 0.3 is 0 Å². The van der Waals surface area contributed by atoms with E-state index in [4.69, 9.17) is 0 Å². The summed E-state index contributed by atoms with van der Waals surface area (Å²) in [6.07, 6.45) is 1.68. The molecule has 0 aliphatic heterocycles. The fraction of sp³-hybridized carbons (Fsp3) is 0.444. The Labute approximate surface area is 86.0 Å². The molecule has 0 unspecified atom stereocenters. The van der Waals surface area contributed by atoms with Crippen molar-refractivity contribution in [2.45, 2.75) is 13.8 Å². The lowest BCUT2D eigenvalue weighted by atomic mass is 10.2. The quantitative estimate of drug-likeness (QED) is 0.842. The van der Waals surface area contributed by atoms with Crippen LogP contribution in [0, 0.1) is 5.92 Å². The van der Waals surface area contributed by atoms with Crippen LogP contribution in [0.4, 0.5) is 0 Å². The number of amides is 1. The summed E-state index contributed by atoms with van der Waals surface area (Å²) < 4.78 is 0.821. The number of H-pyrrole nitrogens is 1. The fourth-order valence-corrected chi connectivity index (χ4v) is 1.26. The van der Waals surface area contributed by atoms with Crippen LogP contribution in [-0.4, -0.2) is 17.4 Å². The Balaban J connectivity index is 2.49. The van der Waals surface area contributed by atoms with E-state index in [2.05, 4.69) is 40.1 Å². The first-order valence-corrected chi connectivity index (χ1v) is 5.01. The standard InChI is InChI=1S/C9H13BrN2O/c1-6(2)4-12-9(13)7-3-8(10)11-5-7/h3,5-6,11H,4H2,1-2H3,(H,12,13). The summed E-state index contributed by atoms with van der Waals surface area (Å²) >= 11 is 3.24. The SMILES string of the molecule is CC(C)CNC(=O)c1c[nH]c(Br)c1. The topological polar surface area (TPSA) is 44.9 Å². The maximum atomic E-state index is 11.4. The van der Waals surface area contributed by atoms with Crippen LogP contribution in [0.3, 0.4) is 0 Å². The fourth-order valence-electron chi connectivity index (χ4n) is 0.897. The summed E-state index contributed by atoms with van der Waals surface area (Å²) in [6, 6.07) is 1.76. The van der Waals surface area contributed by atoms with Gasteiger partial charge in [0.25, 0.3) is 5.91 Å². The van der Waals surface area contributed by atoms with Crippen LogP contribution < -0.4 is 5.32 Å². The van der Waals surface area contributed by atoms with Gasteiger partial charge in [0, 0.05) is 12.7 Å². The average Bonchev–Trinajstić information content (AvgIpc) is 2.47. The predicted molar refractivity (Wildman–Crippen MR) is 55.7 cm³/mol. The van der Waals surface area contributed by atoms with Gasteiger partial charge in [-0.2, -0.15) is 0 Å². The van der Waals surface area contributed by atoms with Crippen molar-refractivity contribution < 1.29 is 4.79 Å². The van der Waals surface area contributed by atoms with Crippen LogP contribution >= 0.6 is 15.9 Å². The molecule has 0 atom stereocenters. The summed E-state index contributed by atoms with van der Waals surface area (Å²) in [5.41, 5.74) is 0.660. The van der Waals surface area contributed by atoms with Gasteiger partial charge in [-0.15, -0.1) is 0 Å². The molecule has 2 N–H and O–H groups in total. The van der Waals surface area contributed by atoms with Crippen molar-refractivity contribution in [3.63, 3.8) is 0 Å². The smallest absolute Gasteiger partial charge is 0.252 e. The molecule has 1 aromatic heterocycles. The Kier molecular flexibility index (Phi) is 3.54. The number of nitrogens with one attached hydrogen (secondary N) is 2. The largest absolute Gasteiger partial charge is 0.355 e. The van der Waals surface area contributed by atoms with Crippen LogP contribution in [-0.2, 0) is 0 Å². The van der Waals surface area contributed by atoms with Gasteiger partial charge in [0.1, 0.15) is 0 Å². The molecule has 0 aliphatic rings. The summed E-state index contributed by atoms with van der Waals surface area (Å²) in [7, 11) is 0. The molecule has 0 fully saturated rings. The zero-order chi connectivity index (χ0) is 9.84. The van der Waals surface area contributed by atoms with Gasteiger partial charge in [0.05, 0.1) is 10.2 Å². The van der Waals surface area contributed by atoms with Gasteiger partial charge in [0.2, 0.25) is 0 Å². The zero-order valence-electron chi connectivity index (χ0n) is 7.73. The van der Waals surface area contributed by atoms with Crippen molar-refractivity contribution in [1.82, 2.24) is 10.3 Å². The molecule has 0 spiro atoms. The molecule has 0 aliphatic carbocycles. The van der Waals surface area contributed by atoms with Gasteiger partial charge in [-0.05, 0) is 27.9 Å². The molecule has 3 nitrogen and oxygen atoms in total. The molecule has 72 valence electrons. The number of aromatic nitrogens is 1. The minimum absolute atomic E-state index is 0.0318. The molecule has 0 saturated carbocycles. The van der Waals surface area contributed by atoms with Crippen molar-refractivity contribution in [1.29, 1.82) is 0 Å². The van der Waals surface area contributed by atoms with Gasteiger partial charge in [0.15, 0.2) is 0 Å². The van der Waals surface area contributed by atoms with Crippen LogP contribution in [0.5, 0.6) is 0 Å². The maximum Gasteiger partial charge on any atom is 0.252 e. The van der Waals surface area contributed by atoms with E-state index in [0.717, 1.165) is 4.60 Å². The van der Waals surface area contributed by atoms with Crippen molar-refractivity contribution in [2.75, 3.05) is 6.54 Å². The second-order valence-corrected chi connectivity index (χ2v) is 4.19. The molecular weight excluding hydrogens is 232 g/mol. The normalized spacial score (nSPS) is 10.5. The van der Waals surface area contributed by atoms with Gasteiger partial charge in [-0.1, -0.05) is 13.8 Å². The van der Waals surface area contributed by atoms with Gasteiger partial charge in [-0.3, -0.25) is 4.79 Å². The first-order chi connectivity index (χ1) is 6.09. The van der Waals surface area contributed by atoms with Crippen molar-refractivity contribution >= 4 is 21.8 Å². The highest BCUT2D eigenvalue weighted by molar-refractivity contribution is 9.10. The average molecular weight is 245 g/mol. The predicted octanol–water partition coefficient (Wildman–Crippen LogP) is 2.16. The molecule has 4 heteroatoms. The van der Waals surface area contributed by atoms with E-state index in [1.165, 1.54) is 0 Å². The minimum Gasteiger partial charge on any atom is -0.355 e. The second kappa shape index (κ2) is 4.46. The third-order valence-electron chi connectivity index (χ3n) is 1.58. The van der Waals surface area contributed by atoms with Gasteiger partial charge < -0.3 is 10.3 Å². The number of hydrogen-bond acceptors (Lipinski definition) is 1. The number of halogens is 1. The molecule has 1 heterocycles. The Bertz CT molecular complexity index is 294. The summed E-state index contributed by atoms with van der Waals surface area (Å²) in [5, 5.41) is 2.83. The van der Waals surface area contributed by atoms with E-state index in [-0.39, 0.29) is 5.91 Å². The maximum absolute atomic E-state index is 11.4. The number of hydrogen-bond donors (Lipinski definition) is 2. The van der Waals surface area contributed by atoms with E-state index < -0.39 is 0 Å². The van der Waals surface area contributed by atoms with Crippen molar-refractivity contribution in [3.05, 3.63) is 22.4 Å². The third kappa shape index (κ3) is 3.22. The molecule has 0 bridgehead atoms. The highest BCUT2D eigenvalue weighted by Gasteiger charge is 2.06. The van der Waals surface area contributed by atoms with E-state index in [0.29, 0.717) is 18.0 Å².